The number of hydrogen-bond acceptors (Lipinski definition) is 4. The van der Waals surface area contributed by atoms with Crippen molar-refractivity contribution < 1.29 is 0 Å². The summed E-state index contributed by atoms with van der Waals surface area (Å²) in [6.07, 6.45) is 7.24. The number of benzene rings is 4. The predicted octanol–water partition coefficient (Wildman–Crippen LogP) is 8.51. The number of hydrogen-bond donors (Lipinski definition) is 1. The maximum absolute atomic E-state index is 12.7. The highest BCUT2D eigenvalue weighted by molar-refractivity contribution is 5.94. The molecule has 0 bridgehead atoms. The van der Waals surface area contributed by atoms with Gasteiger partial charge in [-0.1, -0.05) is 66.7 Å². The van der Waals surface area contributed by atoms with Crippen molar-refractivity contribution in [3.8, 4) is 22.5 Å². The van der Waals surface area contributed by atoms with E-state index in [1.165, 1.54) is 5.56 Å². The molecule has 0 spiro atoms. The highest BCUT2D eigenvalue weighted by atomic mass is 16.1. The molecule has 45 heavy (non-hydrogen) atoms. The van der Waals surface area contributed by atoms with Crippen LogP contribution in [0.25, 0.3) is 55.6 Å². The third-order valence-electron chi connectivity index (χ3n) is 9.52. The summed E-state index contributed by atoms with van der Waals surface area (Å²) in [5.41, 5.74) is 10.9. The Kier molecular flexibility index (Phi) is 6.81. The second kappa shape index (κ2) is 11.1. The lowest BCUT2D eigenvalue weighted by Gasteiger charge is -2.29. The average molecular weight is 593 g/mol. The number of nitrogens with zero attached hydrogens (tertiary/aromatic N) is 5. The zero-order valence-corrected chi connectivity index (χ0v) is 25.6. The first-order valence-corrected chi connectivity index (χ1v) is 16.0. The number of fused-ring (bicyclic) bond motifs is 3. The van der Waals surface area contributed by atoms with Gasteiger partial charge in [0.15, 0.2) is 0 Å². The van der Waals surface area contributed by atoms with Crippen molar-refractivity contribution in [3.63, 3.8) is 0 Å². The maximum atomic E-state index is 12.7. The standard InChI is InChI=1S/C38H36N6O/c1-24(2)43-23-39-33-21-31-32(22-35(33)43)41-37(36(40-31)27-8-4-3-5-9-27)28-16-12-25(13-17-28)20-26-14-18-29(19-15-26)44-34-11-7-6-10-30(34)42-38(44)45/h3-13,16-17,21-24,26,29H,14-15,18-20H2,1-2H3,(H,42,45). The molecule has 0 saturated heterocycles. The molecule has 224 valence electrons. The van der Waals surface area contributed by atoms with Gasteiger partial charge in [-0.05, 0) is 81.7 Å². The fourth-order valence-corrected chi connectivity index (χ4v) is 7.16. The molecule has 8 rings (SSSR count). The molecule has 0 radical (unpaired) electrons. The van der Waals surface area contributed by atoms with E-state index < -0.39 is 0 Å². The molecule has 1 fully saturated rings. The quantitative estimate of drug-likeness (QED) is 0.210. The number of para-hydroxylation sites is 2. The van der Waals surface area contributed by atoms with Crippen LogP contribution in [0.15, 0.2) is 102 Å². The number of imidazole rings is 2. The minimum atomic E-state index is 0.0110. The van der Waals surface area contributed by atoms with Gasteiger partial charge in [0.2, 0.25) is 0 Å². The Bertz CT molecular complexity index is 2200. The first-order valence-electron chi connectivity index (χ1n) is 16.0. The highest BCUT2D eigenvalue weighted by Gasteiger charge is 2.25. The van der Waals surface area contributed by atoms with Crippen LogP contribution in [0.1, 0.15) is 57.2 Å². The zero-order valence-electron chi connectivity index (χ0n) is 25.6. The molecule has 0 unspecified atom stereocenters. The van der Waals surface area contributed by atoms with Gasteiger partial charge in [-0.2, -0.15) is 0 Å². The fraction of sp³-hybridized carbons (Fsp3) is 0.263. The van der Waals surface area contributed by atoms with E-state index in [-0.39, 0.29) is 11.7 Å². The van der Waals surface area contributed by atoms with Crippen molar-refractivity contribution in [2.24, 2.45) is 5.92 Å². The van der Waals surface area contributed by atoms with Crippen molar-refractivity contribution in [1.82, 2.24) is 29.1 Å². The second-order valence-corrected chi connectivity index (χ2v) is 12.8. The van der Waals surface area contributed by atoms with Crippen LogP contribution in [0, 0.1) is 5.92 Å². The third kappa shape index (κ3) is 5.02. The summed E-state index contributed by atoms with van der Waals surface area (Å²) in [4.78, 5) is 30.8. The van der Waals surface area contributed by atoms with Gasteiger partial charge in [0.05, 0.1) is 50.8 Å². The molecule has 1 aliphatic rings. The molecule has 3 heterocycles. The summed E-state index contributed by atoms with van der Waals surface area (Å²) >= 11 is 0. The zero-order chi connectivity index (χ0) is 30.5. The Labute approximate surface area is 261 Å². The predicted molar refractivity (Wildman–Crippen MR) is 181 cm³/mol. The van der Waals surface area contributed by atoms with Crippen molar-refractivity contribution in [1.29, 1.82) is 0 Å². The lowest BCUT2D eigenvalue weighted by molar-refractivity contribution is 0.274. The number of aromatic amines is 1. The Morgan fingerprint density at radius 2 is 1.42 bits per heavy atom. The van der Waals surface area contributed by atoms with E-state index in [0.717, 1.165) is 87.7 Å². The number of aromatic nitrogens is 6. The Balaban J connectivity index is 1.06. The molecule has 1 aliphatic carbocycles. The smallest absolute Gasteiger partial charge is 0.326 e. The van der Waals surface area contributed by atoms with E-state index in [2.05, 4.69) is 76.9 Å². The molecule has 7 heteroatoms. The van der Waals surface area contributed by atoms with Crippen LogP contribution in [0.5, 0.6) is 0 Å². The van der Waals surface area contributed by atoms with E-state index in [9.17, 15) is 4.79 Å². The molecule has 0 aliphatic heterocycles. The van der Waals surface area contributed by atoms with Crippen molar-refractivity contribution >= 4 is 33.1 Å². The van der Waals surface area contributed by atoms with Crippen molar-refractivity contribution in [3.05, 3.63) is 113 Å². The van der Waals surface area contributed by atoms with Gasteiger partial charge >= 0.3 is 5.69 Å². The highest BCUT2D eigenvalue weighted by Crippen LogP contribution is 2.36. The molecule has 7 aromatic rings. The number of nitrogens with one attached hydrogen (secondary N) is 1. The Morgan fingerprint density at radius 3 is 2.16 bits per heavy atom. The van der Waals surface area contributed by atoms with Gasteiger partial charge in [-0.3, -0.25) is 4.57 Å². The summed E-state index contributed by atoms with van der Waals surface area (Å²) in [5.74, 6) is 0.613. The van der Waals surface area contributed by atoms with Gasteiger partial charge in [0.25, 0.3) is 0 Å². The van der Waals surface area contributed by atoms with E-state index >= 15 is 0 Å². The Hall–Kier alpha value is -5.04. The van der Waals surface area contributed by atoms with Crippen LogP contribution in [-0.2, 0) is 6.42 Å². The lowest BCUT2D eigenvalue weighted by Crippen LogP contribution is -2.26. The van der Waals surface area contributed by atoms with Gasteiger partial charge in [0.1, 0.15) is 0 Å². The first-order chi connectivity index (χ1) is 22.0. The average Bonchev–Trinajstić information content (AvgIpc) is 3.64. The summed E-state index contributed by atoms with van der Waals surface area (Å²) in [5, 5.41) is 0. The first kappa shape index (κ1) is 27.5. The van der Waals surface area contributed by atoms with Crippen LogP contribution in [-0.4, -0.2) is 29.1 Å². The van der Waals surface area contributed by atoms with Crippen LogP contribution >= 0.6 is 0 Å². The van der Waals surface area contributed by atoms with Crippen LogP contribution in [0.3, 0.4) is 0 Å². The number of H-pyrrole nitrogens is 1. The maximum Gasteiger partial charge on any atom is 0.326 e. The summed E-state index contributed by atoms with van der Waals surface area (Å²) in [7, 11) is 0. The molecule has 0 amide bonds. The van der Waals surface area contributed by atoms with Gasteiger partial charge in [0, 0.05) is 23.2 Å². The largest absolute Gasteiger partial charge is 0.328 e. The summed E-state index contributed by atoms with van der Waals surface area (Å²) in [6.45, 7) is 4.33. The normalized spacial score (nSPS) is 17.1. The molecule has 4 aromatic carbocycles. The molecule has 3 aromatic heterocycles. The van der Waals surface area contributed by atoms with Crippen LogP contribution in [0.4, 0.5) is 0 Å². The molecule has 1 N–H and O–H groups in total. The monoisotopic (exact) mass is 592 g/mol. The number of rotatable bonds is 6. The lowest BCUT2D eigenvalue weighted by atomic mass is 9.82. The van der Waals surface area contributed by atoms with Crippen molar-refractivity contribution in [2.75, 3.05) is 0 Å². The van der Waals surface area contributed by atoms with E-state index in [1.807, 2.05) is 53.4 Å². The third-order valence-corrected chi connectivity index (χ3v) is 9.52. The fourth-order valence-electron chi connectivity index (χ4n) is 7.16. The van der Waals surface area contributed by atoms with Gasteiger partial charge in [-0.25, -0.2) is 19.7 Å². The van der Waals surface area contributed by atoms with E-state index in [1.54, 1.807) is 0 Å². The summed E-state index contributed by atoms with van der Waals surface area (Å²) < 4.78 is 4.17. The van der Waals surface area contributed by atoms with E-state index in [0.29, 0.717) is 12.0 Å². The Morgan fingerprint density at radius 1 is 0.756 bits per heavy atom. The molecular weight excluding hydrogens is 556 g/mol. The van der Waals surface area contributed by atoms with Gasteiger partial charge in [-0.15, -0.1) is 0 Å². The topological polar surface area (TPSA) is 81.4 Å². The molecule has 7 nitrogen and oxygen atoms in total. The SMILES string of the molecule is CC(C)n1cnc2cc3nc(-c4ccccc4)c(-c4ccc(CC5CCC(n6c(=O)[nH]c7ccccc76)CC5)cc4)nc3cc21. The minimum Gasteiger partial charge on any atom is -0.328 e. The summed E-state index contributed by atoms with van der Waals surface area (Å²) in [6, 6.07) is 32.0. The molecule has 0 atom stereocenters. The van der Waals surface area contributed by atoms with E-state index in [4.69, 9.17) is 9.97 Å². The van der Waals surface area contributed by atoms with Crippen molar-refractivity contribution in [2.45, 2.75) is 58.0 Å². The van der Waals surface area contributed by atoms with Crippen LogP contribution < -0.4 is 5.69 Å². The van der Waals surface area contributed by atoms with Crippen LogP contribution in [0.2, 0.25) is 0 Å². The van der Waals surface area contributed by atoms with Gasteiger partial charge < -0.3 is 9.55 Å². The minimum absolute atomic E-state index is 0.0110. The molecule has 1 saturated carbocycles. The molecular formula is C38H36N6O. The second-order valence-electron chi connectivity index (χ2n) is 12.8.